The molecule has 5 rings (SSSR count). The summed E-state index contributed by atoms with van der Waals surface area (Å²) in [5.41, 5.74) is 5.20. The third-order valence-corrected chi connectivity index (χ3v) is 8.06. The van der Waals surface area contributed by atoms with Crippen LogP contribution in [-0.2, 0) is 9.84 Å². The molecule has 0 aliphatic carbocycles. The first-order chi connectivity index (χ1) is 14.9. The summed E-state index contributed by atoms with van der Waals surface area (Å²) in [6, 6.07) is 16.9. The van der Waals surface area contributed by atoms with Crippen molar-refractivity contribution in [3.8, 4) is 33.0 Å². The van der Waals surface area contributed by atoms with Crippen molar-refractivity contribution in [2.45, 2.75) is 4.21 Å². The summed E-state index contributed by atoms with van der Waals surface area (Å²) in [6.07, 6.45) is 4.48. The van der Waals surface area contributed by atoms with Crippen molar-refractivity contribution in [1.29, 1.82) is 0 Å². The van der Waals surface area contributed by atoms with E-state index in [9.17, 15) is 8.42 Å². The predicted molar refractivity (Wildman–Crippen MR) is 124 cm³/mol. The molecule has 31 heavy (non-hydrogen) atoms. The van der Waals surface area contributed by atoms with Crippen LogP contribution in [0.3, 0.4) is 0 Å². The Morgan fingerprint density at radius 3 is 2.48 bits per heavy atom. The summed E-state index contributed by atoms with van der Waals surface area (Å²) in [6.45, 7) is 0. The van der Waals surface area contributed by atoms with Gasteiger partial charge in [-0.05, 0) is 42.0 Å². The minimum atomic E-state index is -3.27. The van der Waals surface area contributed by atoms with Crippen LogP contribution in [0, 0.1) is 0 Å². The van der Waals surface area contributed by atoms with E-state index in [1.165, 1.54) is 23.9 Å². The zero-order valence-electron chi connectivity index (χ0n) is 16.2. The Hall–Kier alpha value is -3.07. The van der Waals surface area contributed by atoms with Crippen molar-refractivity contribution in [3.05, 3.63) is 72.1 Å². The van der Waals surface area contributed by atoms with Crippen molar-refractivity contribution in [3.63, 3.8) is 0 Å². The lowest BCUT2D eigenvalue weighted by molar-refractivity contribution is 0.604. The van der Waals surface area contributed by atoms with E-state index in [0.717, 1.165) is 38.2 Å². The van der Waals surface area contributed by atoms with Gasteiger partial charge in [-0.3, -0.25) is 5.10 Å². The highest BCUT2D eigenvalue weighted by Crippen LogP contribution is 2.36. The number of aromatic nitrogens is 4. The Labute approximate surface area is 187 Å². The van der Waals surface area contributed by atoms with Crippen molar-refractivity contribution >= 4 is 43.7 Å². The van der Waals surface area contributed by atoms with Gasteiger partial charge in [0.25, 0.3) is 0 Å². The summed E-state index contributed by atoms with van der Waals surface area (Å²) in [5, 5.41) is 8.81. The number of fused-ring (bicyclic) bond motifs is 1. The van der Waals surface area contributed by atoms with Gasteiger partial charge in [0.2, 0.25) is 0 Å². The van der Waals surface area contributed by atoms with Gasteiger partial charge in [0.1, 0.15) is 10.5 Å². The van der Waals surface area contributed by atoms with E-state index in [4.69, 9.17) is 11.6 Å². The Morgan fingerprint density at radius 2 is 1.74 bits per heavy atom. The van der Waals surface area contributed by atoms with E-state index < -0.39 is 9.84 Å². The second-order valence-corrected chi connectivity index (χ2v) is 10.8. The van der Waals surface area contributed by atoms with Crippen LogP contribution in [-0.4, -0.2) is 34.8 Å². The lowest BCUT2D eigenvalue weighted by Gasteiger charge is -2.08. The van der Waals surface area contributed by atoms with Gasteiger partial charge in [0.05, 0.1) is 28.0 Å². The summed E-state index contributed by atoms with van der Waals surface area (Å²) < 4.78 is 24.1. The Bertz CT molecular complexity index is 1520. The molecule has 6 nitrogen and oxygen atoms in total. The van der Waals surface area contributed by atoms with Crippen LogP contribution in [0.4, 0.5) is 0 Å². The average molecular weight is 467 g/mol. The number of sulfone groups is 1. The van der Waals surface area contributed by atoms with Gasteiger partial charge in [0.15, 0.2) is 9.84 Å². The zero-order valence-corrected chi connectivity index (χ0v) is 18.6. The fraction of sp³-hybridized carbons (Fsp3) is 0.0455. The number of nitrogens with one attached hydrogen (secondary N) is 1. The fourth-order valence-corrected chi connectivity index (χ4v) is 5.47. The lowest BCUT2D eigenvalue weighted by atomic mass is 9.99. The topological polar surface area (TPSA) is 88.6 Å². The number of thiophene rings is 1. The van der Waals surface area contributed by atoms with Gasteiger partial charge >= 0.3 is 0 Å². The quantitative estimate of drug-likeness (QED) is 0.379. The maximum atomic E-state index is 11.9. The van der Waals surface area contributed by atoms with Gasteiger partial charge in [0, 0.05) is 27.8 Å². The molecule has 1 N–H and O–H groups in total. The Kier molecular flexibility index (Phi) is 4.85. The number of benzene rings is 2. The smallest absolute Gasteiger partial charge is 0.184 e. The summed E-state index contributed by atoms with van der Waals surface area (Å²) in [4.78, 5) is 9.60. The molecule has 5 aromatic rings. The van der Waals surface area contributed by atoms with Crippen LogP contribution < -0.4 is 0 Å². The molecule has 0 unspecified atom stereocenters. The van der Waals surface area contributed by atoms with Crippen LogP contribution in [0.2, 0.25) is 5.02 Å². The maximum Gasteiger partial charge on any atom is 0.184 e. The second-order valence-electron chi connectivity index (χ2n) is 7.01. The van der Waals surface area contributed by atoms with E-state index >= 15 is 0 Å². The minimum absolute atomic E-state index is 0.310. The van der Waals surface area contributed by atoms with Crippen LogP contribution in [0.25, 0.3) is 43.9 Å². The molecule has 0 radical (unpaired) electrons. The monoisotopic (exact) mass is 466 g/mol. The minimum Gasteiger partial charge on any atom is -0.277 e. The first-order valence-electron chi connectivity index (χ1n) is 9.25. The summed E-state index contributed by atoms with van der Waals surface area (Å²) in [7, 11) is -3.27. The molecular formula is C22H15ClN4O2S2. The predicted octanol–water partition coefficient (Wildman–Crippen LogP) is 5.47. The van der Waals surface area contributed by atoms with E-state index in [0.29, 0.717) is 14.9 Å². The highest BCUT2D eigenvalue weighted by molar-refractivity contribution is 7.92. The van der Waals surface area contributed by atoms with Crippen LogP contribution in [0.1, 0.15) is 0 Å². The molecule has 2 aromatic carbocycles. The van der Waals surface area contributed by atoms with Crippen molar-refractivity contribution < 1.29 is 8.42 Å². The lowest BCUT2D eigenvalue weighted by Crippen LogP contribution is -1.92. The molecule has 0 bridgehead atoms. The second kappa shape index (κ2) is 7.56. The van der Waals surface area contributed by atoms with Gasteiger partial charge in [-0.15, -0.1) is 11.3 Å². The third-order valence-electron chi connectivity index (χ3n) is 4.90. The molecule has 0 aliphatic heterocycles. The highest BCUT2D eigenvalue weighted by Gasteiger charge is 2.16. The molecule has 0 spiro atoms. The van der Waals surface area contributed by atoms with E-state index in [1.807, 2.05) is 42.5 Å². The van der Waals surface area contributed by atoms with Crippen LogP contribution in [0.5, 0.6) is 0 Å². The Morgan fingerprint density at radius 1 is 0.968 bits per heavy atom. The molecule has 0 saturated carbocycles. The van der Waals surface area contributed by atoms with Crippen molar-refractivity contribution in [2.75, 3.05) is 6.26 Å². The van der Waals surface area contributed by atoms with E-state index in [1.54, 1.807) is 18.3 Å². The first-order valence-corrected chi connectivity index (χ1v) is 12.3. The molecule has 3 heterocycles. The number of aromatic amines is 1. The largest absolute Gasteiger partial charge is 0.277 e. The standard InChI is InChI=1S/C22H15ClN4O2S2/c1-31(28,29)20-9-8-19(30-20)22-16-10-14(4-7-18(16)24-12-25-22)17-11-26-27-21(17)13-2-5-15(23)6-3-13/h2-12H,1H3,(H,26,27). The molecule has 0 amide bonds. The third kappa shape index (κ3) is 3.74. The molecule has 3 aromatic heterocycles. The van der Waals surface area contributed by atoms with Crippen molar-refractivity contribution in [2.24, 2.45) is 0 Å². The summed E-state index contributed by atoms with van der Waals surface area (Å²) in [5.74, 6) is 0. The van der Waals surface area contributed by atoms with Gasteiger partial charge in [-0.2, -0.15) is 5.10 Å². The average Bonchev–Trinajstić information content (AvgIpc) is 3.43. The van der Waals surface area contributed by atoms with Crippen LogP contribution >= 0.6 is 22.9 Å². The molecule has 0 saturated heterocycles. The molecule has 154 valence electrons. The SMILES string of the molecule is CS(=O)(=O)c1ccc(-c2ncnc3ccc(-c4cn[nH]c4-c4ccc(Cl)cc4)cc23)s1. The number of rotatable bonds is 4. The number of hydrogen-bond donors (Lipinski definition) is 1. The first kappa shape index (κ1) is 19.9. The molecular weight excluding hydrogens is 452 g/mol. The molecule has 0 aliphatic rings. The number of H-pyrrole nitrogens is 1. The highest BCUT2D eigenvalue weighted by atomic mass is 35.5. The number of nitrogens with zero attached hydrogens (tertiary/aromatic N) is 3. The van der Waals surface area contributed by atoms with Gasteiger partial charge in [-0.1, -0.05) is 29.8 Å². The van der Waals surface area contributed by atoms with Crippen LogP contribution in [0.15, 0.2) is 71.3 Å². The molecule has 9 heteroatoms. The maximum absolute atomic E-state index is 11.9. The number of hydrogen-bond acceptors (Lipinski definition) is 6. The van der Waals surface area contributed by atoms with Gasteiger partial charge < -0.3 is 0 Å². The fourth-order valence-electron chi connectivity index (χ4n) is 3.41. The molecule has 0 atom stereocenters. The van der Waals surface area contributed by atoms with Gasteiger partial charge in [-0.25, -0.2) is 18.4 Å². The number of halogens is 1. The Balaban J connectivity index is 1.65. The summed E-state index contributed by atoms with van der Waals surface area (Å²) >= 11 is 7.23. The van der Waals surface area contributed by atoms with Crippen molar-refractivity contribution in [1.82, 2.24) is 20.2 Å². The normalized spacial score (nSPS) is 11.8. The van der Waals surface area contributed by atoms with E-state index in [2.05, 4.69) is 20.2 Å². The van der Waals surface area contributed by atoms with E-state index in [-0.39, 0.29) is 0 Å². The molecule has 0 fully saturated rings. The zero-order chi connectivity index (χ0) is 21.6.